The molecule has 1 fully saturated rings. The molecule has 2 aromatic carbocycles. The Morgan fingerprint density at radius 3 is 2.67 bits per heavy atom. The van der Waals surface area contributed by atoms with Crippen molar-refractivity contribution < 1.29 is 24.0 Å². The van der Waals surface area contributed by atoms with Crippen LogP contribution in [0.5, 0.6) is 0 Å². The van der Waals surface area contributed by atoms with Crippen molar-refractivity contribution in [3.63, 3.8) is 0 Å². The molecule has 33 heavy (non-hydrogen) atoms. The molecule has 0 N–H and O–H groups in total. The lowest BCUT2D eigenvalue weighted by Crippen LogP contribution is -2.38. The summed E-state index contributed by atoms with van der Waals surface area (Å²) in [5, 5.41) is 20.6. The number of hydrogen-bond donors (Lipinski definition) is 0. The third kappa shape index (κ3) is 6.19. The second kappa shape index (κ2) is 11.3. The van der Waals surface area contributed by atoms with Gasteiger partial charge in [0.05, 0.1) is 41.9 Å². The van der Waals surface area contributed by atoms with Gasteiger partial charge >= 0.3 is 5.97 Å². The summed E-state index contributed by atoms with van der Waals surface area (Å²) in [6, 6.07) is 12.4. The molecule has 0 bridgehead atoms. The molecule has 0 aliphatic carbocycles. The standard InChI is InChI=1S/C22H21ClN4O6/c23-16-3-1-4-17(13-16)26(8-2-7-24)21(28)15-33-22(29)19-14-18(27(30)31)5-6-20(19)25-9-11-32-12-10-25/h1,3-6,13-14H,2,8-12,15H2. The van der Waals surface area contributed by atoms with Gasteiger partial charge in [-0.15, -0.1) is 0 Å². The second-order valence-electron chi connectivity index (χ2n) is 7.07. The molecule has 0 atom stereocenters. The predicted octanol–water partition coefficient (Wildman–Crippen LogP) is 3.19. The SMILES string of the molecule is N#CCCN(C(=O)COC(=O)c1cc([N+](=O)[O-])ccc1N1CCOCC1)c1cccc(Cl)c1. The number of non-ortho nitro benzene ring substituents is 1. The zero-order valence-corrected chi connectivity index (χ0v) is 18.4. The number of anilines is 2. The molecule has 0 unspecified atom stereocenters. The van der Waals surface area contributed by atoms with E-state index in [-0.39, 0.29) is 24.2 Å². The Morgan fingerprint density at radius 1 is 1.24 bits per heavy atom. The quantitative estimate of drug-likeness (QED) is 0.325. The van der Waals surface area contributed by atoms with E-state index in [0.29, 0.717) is 42.7 Å². The molecule has 11 heteroatoms. The Morgan fingerprint density at radius 2 is 2.00 bits per heavy atom. The summed E-state index contributed by atoms with van der Waals surface area (Å²) in [5.74, 6) is -1.42. The molecule has 0 radical (unpaired) electrons. The summed E-state index contributed by atoms with van der Waals surface area (Å²) in [5.41, 5.74) is 0.658. The molecule has 2 aromatic rings. The van der Waals surface area contributed by atoms with Crippen LogP contribution < -0.4 is 9.80 Å². The highest BCUT2D eigenvalue weighted by Crippen LogP contribution is 2.27. The molecular formula is C22H21ClN4O6. The molecule has 0 spiro atoms. The van der Waals surface area contributed by atoms with Crippen molar-refractivity contribution in [2.75, 3.05) is 49.3 Å². The highest BCUT2D eigenvalue weighted by Gasteiger charge is 2.25. The van der Waals surface area contributed by atoms with Crippen LogP contribution in [0.2, 0.25) is 5.02 Å². The number of nitro groups is 1. The number of nitrogens with zero attached hydrogens (tertiary/aromatic N) is 4. The summed E-state index contributed by atoms with van der Waals surface area (Å²) in [7, 11) is 0. The molecule has 1 aliphatic heterocycles. The van der Waals surface area contributed by atoms with Gasteiger partial charge in [-0.3, -0.25) is 14.9 Å². The van der Waals surface area contributed by atoms with Crippen molar-refractivity contribution >= 4 is 40.5 Å². The van der Waals surface area contributed by atoms with E-state index in [1.54, 1.807) is 24.3 Å². The fourth-order valence-corrected chi connectivity index (χ4v) is 3.55. The largest absolute Gasteiger partial charge is 0.452 e. The molecule has 0 aromatic heterocycles. The number of esters is 1. The van der Waals surface area contributed by atoms with Crippen LogP contribution in [0.1, 0.15) is 16.8 Å². The van der Waals surface area contributed by atoms with E-state index in [1.807, 2.05) is 11.0 Å². The van der Waals surface area contributed by atoms with E-state index in [4.69, 9.17) is 26.3 Å². The summed E-state index contributed by atoms with van der Waals surface area (Å²) < 4.78 is 10.6. The maximum absolute atomic E-state index is 12.9. The molecule has 1 aliphatic rings. The number of hydrogen-bond acceptors (Lipinski definition) is 8. The van der Waals surface area contributed by atoms with Crippen LogP contribution in [-0.2, 0) is 14.3 Å². The van der Waals surface area contributed by atoms with Crippen LogP contribution in [0.3, 0.4) is 0 Å². The predicted molar refractivity (Wildman–Crippen MR) is 120 cm³/mol. The van der Waals surface area contributed by atoms with E-state index in [0.717, 1.165) is 6.07 Å². The number of amides is 1. The molecule has 1 saturated heterocycles. The average molecular weight is 473 g/mol. The molecule has 10 nitrogen and oxygen atoms in total. The third-order valence-electron chi connectivity index (χ3n) is 4.96. The zero-order chi connectivity index (χ0) is 23.8. The van der Waals surface area contributed by atoms with Crippen LogP contribution in [-0.4, -0.2) is 56.3 Å². The zero-order valence-electron chi connectivity index (χ0n) is 17.6. The van der Waals surface area contributed by atoms with Gasteiger partial charge < -0.3 is 19.3 Å². The number of carbonyl (C=O) groups is 2. The fourth-order valence-electron chi connectivity index (χ4n) is 3.37. The topological polar surface area (TPSA) is 126 Å². The average Bonchev–Trinajstić information content (AvgIpc) is 2.83. The van der Waals surface area contributed by atoms with Gasteiger partial charge in [0.2, 0.25) is 0 Å². The normalized spacial score (nSPS) is 13.2. The molecule has 172 valence electrons. The Balaban J connectivity index is 1.79. The highest BCUT2D eigenvalue weighted by atomic mass is 35.5. The van der Waals surface area contributed by atoms with E-state index in [9.17, 15) is 19.7 Å². The number of ether oxygens (including phenoxy) is 2. The summed E-state index contributed by atoms with van der Waals surface area (Å²) in [4.78, 5) is 39.5. The molecule has 3 rings (SSSR count). The van der Waals surface area contributed by atoms with Gasteiger partial charge in [-0.25, -0.2) is 4.79 Å². The van der Waals surface area contributed by atoms with Gasteiger partial charge in [0, 0.05) is 42.5 Å². The number of rotatable bonds is 8. The number of halogens is 1. The van der Waals surface area contributed by atoms with E-state index < -0.39 is 23.4 Å². The number of carbonyl (C=O) groups excluding carboxylic acids is 2. The van der Waals surface area contributed by atoms with Gasteiger partial charge in [0.1, 0.15) is 0 Å². The first-order valence-corrected chi connectivity index (χ1v) is 10.5. The molecular weight excluding hydrogens is 452 g/mol. The van der Waals surface area contributed by atoms with Gasteiger partial charge in [-0.05, 0) is 24.3 Å². The van der Waals surface area contributed by atoms with Crippen LogP contribution in [0, 0.1) is 21.4 Å². The fraction of sp³-hybridized carbons (Fsp3) is 0.318. The van der Waals surface area contributed by atoms with E-state index in [1.165, 1.54) is 17.0 Å². The number of nitro benzene ring substituents is 1. The summed E-state index contributed by atoms with van der Waals surface area (Å²) in [6.07, 6.45) is 0.0677. The maximum Gasteiger partial charge on any atom is 0.341 e. The van der Waals surface area contributed by atoms with Crippen molar-refractivity contribution in [1.29, 1.82) is 5.26 Å². The number of morpholine rings is 1. The molecule has 1 heterocycles. The van der Waals surface area contributed by atoms with Crippen molar-refractivity contribution in [3.05, 3.63) is 63.2 Å². The Bertz CT molecular complexity index is 1080. The first-order chi connectivity index (χ1) is 15.9. The van der Waals surface area contributed by atoms with Crippen LogP contribution in [0.4, 0.5) is 17.1 Å². The molecule has 0 saturated carbocycles. The Labute approximate surface area is 195 Å². The lowest BCUT2D eigenvalue weighted by molar-refractivity contribution is -0.384. The maximum atomic E-state index is 12.9. The van der Waals surface area contributed by atoms with Crippen LogP contribution >= 0.6 is 11.6 Å². The van der Waals surface area contributed by atoms with Crippen LogP contribution in [0.15, 0.2) is 42.5 Å². The minimum absolute atomic E-state index is 0.00905. The first kappa shape index (κ1) is 24.0. The lowest BCUT2D eigenvalue weighted by atomic mass is 10.1. The minimum atomic E-state index is -0.861. The van der Waals surface area contributed by atoms with Crippen molar-refractivity contribution in [2.45, 2.75) is 6.42 Å². The Kier molecular flexibility index (Phi) is 8.18. The van der Waals surface area contributed by atoms with Gasteiger partial charge in [0.25, 0.3) is 11.6 Å². The molecule has 1 amide bonds. The monoisotopic (exact) mass is 472 g/mol. The van der Waals surface area contributed by atoms with Gasteiger partial charge in [-0.2, -0.15) is 5.26 Å². The third-order valence-corrected chi connectivity index (χ3v) is 5.19. The van der Waals surface area contributed by atoms with Crippen molar-refractivity contribution in [2.24, 2.45) is 0 Å². The van der Waals surface area contributed by atoms with Gasteiger partial charge in [-0.1, -0.05) is 17.7 Å². The summed E-state index contributed by atoms with van der Waals surface area (Å²) >= 11 is 6.01. The van der Waals surface area contributed by atoms with Crippen molar-refractivity contribution in [3.8, 4) is 6.07 Å². The first-order valence-electron chi connectivity index (χ1n) is 10.1. The van der Waals surface area contributed by atoms with Gasteiger partial charge in [0.15, 0.2) is 6.61 Å². The Hall–Kier alpha value is -3.68. The number of nitriles is 1. The van der Waals surface area contributed by atoms with Crippen LogP contribution in [0.25, 0.3) is 0 Å². The second-order valence-corrected chi connectivity index (χ2v) is 7.50. The van der Waals surface area contributed by atoms with E-state index >= 15 is 0 Å². The minimum Gasteiger partial charge on any atom is -0.452 e. The van der Waals surface area contributed by atoms with E-state index in [2.05, 4.69) is 0 Å². The van der Waals surface area contributed by atoms with Crippen molar-refractivity contribution in [1.82, 2.24) is 0 Å². The lowest BCUT2D eigenvalue weighted by Gasteiger charge is -2.30. The summed E-state index contributed by atoms with van der Waals surface area (Å²) in [6.45, 7) is 1.40. The number of benzene rings is 2. The smallest absolute Gasteiger partial charge is 0.341 e. The highest BCUT2D eigenvalue weighted by molar-refractivity contribution is 6.30.